The molecule has 0 aliphatic heterocycles. The van der Waals surface area contributed by atoms with Crippen molar-refractivity contribution in [1.29, 1.82) is 0 Å². The van der Waals surface area contributed by atoms with Crippen molar-refractivity contribution in [1.82, 2.24) is 4.40 Å². The van der Waals surface area contributed by atoms with Crippen LogP contribution in [0.2, 0.25) is 0 Å². The molecule has 0 aliphatic rings. The van der Waals surface area contributed by atoms with Crippen molar-refractivity contribution in [2.45, 2.75) is 6.92 Å². The van der Waals surface area contributed by atoms with E-state index in [0.29, 0.717) is 11.3 Å². The number of halogens is 1. The van der Waals surface area contributed by atoms with E-state index in [4.69, 9.17) is 25.8 Å². The maximum atomic E-state index is 12.1. The third kappa shape index (κ3) is 3.17. The normalized spacial score (nSPS) is 10.5. The lowest BCUT2D eigenvalue weighted by molar-refractivity contribution is 0.0517. The molecule has 0 radical (unpaired) electrons. The highest BCUT2D eigenvalue weighted by Gasteiger charge is 2.21. The van der Waals surface area contributed by atoms with E-state index < -0.39 is 11.9 Å². The van der Waals surface area contributed by atoms with Crippen LogP contribution in [0.1, 0.15) is 27.8 Å². The number of esters is 2. The molecule has 0 aromatic carbocycles. The van der Waals surface area contributed by atoms with Crippen LogP contribution in [0.3, 0.4) is 0 Å². The first-order chi connectivity index (χ1) is 10.6. The van der Waals surface area contributed by atoms with E-state index in [9.17, 15) is 9.59 Å². The molecule has 0 aliphatic carbocycles. The summed E-state index contributed by atoms with van der Waals surface area (Å²) in [5, 5.41) is 0. The van der Waals surface area contributed by atoms with Crippen molar-refractivity contribution < 1.29 is 23.8 Å². The largest absolute Gasteiger partial charge is 0.497 e. The molecule has 0 amide bonds. The second-order valence-corrected chi connectivity index (χ2v) is 4.69. The molecule has 2 heterocycles. The molecule has 2 aromatic rings. The number of nitrogens with zero attached hydrogens (tertiary/aromatic N) is 1. The average Bonchev–Trinajstić information content (AvgIpc) is 2.91. The van der Waals surface area contributed by atoms with Gasteiger partial charge in [-0.3, -0.25) is 0 Å². The van der Waals surface area contributed by atoms with Gasteiger partial charge in [0, 0.05) is 12.3 Å². The summed E-state index contributed by atoms with van der Waals surface area (Å²) in [7, 11) is 1.52. The van der Waals surface area contributed by atoms with Crippen molar-refractivity contribution in [2.24, 2.45) is 0 Å². The van der Waals surface area contributed by atoms with E-state index in [1.54, 1.807) is 29.7 Å². The minimum atomic E-state index is -0.554. The number of ether oxygens (including phenoxy) is 3. The van der Waals surface area contributed by atoms with E-state index in [1.807, 2.05) is 0 Å². The van der Waals surface area contributed by atoms with Crippen molar-refractivity contribution in [3.05, 3.63) is 35.7 Å². The highest BCUT2D eigenvalue weighted by molar-refractivity contribution is 6.18. The fraction of sp³-hybridized carbons (Fsp3) is 0.333. The van der Waals surface area contributed by atoms with Crippen LogP contribution < -0.4 is 4.74 Å². The first-order valence-electron chi connectivity index (χ1n) is 6.71. The van der Waals surface area contributed by atoms with Crippen LogP contribution in [0.5, 0.6) is 5.75 Å². The molecule has 0 unspecified atom stereocenters. The SMILES string of the molecule is CCOC(=O)c1cc(C(=O)OCCCl)c2cc(OC)ccn12. The highest BCUT2D eigenvalue weighted by Crippen LogP contribution is 2.23. The zero-order valence-corrected chi connectivity index (χ0v) is 13.1. The van der Waals surface area contributed by atoms with Gasteiger partial charge in [-0.1, -0.05) is 0 Å². The first kappa shape index (κ1) is 16.2. The molecule has 0 spiro atoms. The molecule has 0 atom stereocenters. The van der Waals surface area contributed by atoms with Gasteiger partial charge in [0.05, 0.1) is 30.7 Å². The van der Waals surface area contributed by atoms with Crippen LogP contribution in [-0.2, 0) is 9.47 Å². The number of alkyl halides is 1. The van der Waals surface area contributed by atoms with Crippen LogP contribution in [0.25, 0.3) is 5.52 Å². The quantitative estimate of drug-likeness (QED) is 0.603. The summed E-state index contributed by atoms with van der Waals surface area (Å²) >= 11 is 5.52. The molecule has 22 heavy (non-hydrogen) atoms. The maximum absolute atomic E-state index is 12.1. The summed E-state index contributed by atoms with van der Waals surface area (Å²) in [5.41, 5.74) is 1.01. The van der Waals surface area contributed by atoms with Crippen molar-refractivity contribution in [3.8, 4) is 5.75 Å². The summed E-state index contributed by atoms with van der Waals surface area (Å²) in [6.45, 7) is 2.05. The predicted molar refractivity (Wildman–Crippen MR) is 80.9 cm³/mol. The molecule has 6 nitrogen and oxygen atoms in total. The Morgan fingerprint density at radius 1 is 1.23 bits per heavy atom. The maximum Gasteiger partial charge on any atom is 0.355 e. The molecule has 0 saturated heterocycles. The second-order valence-electron chi connectivity index (χ2n) is 4.31. The first-order valence-corrected chi connectivity index (χ1v) is 7.25. The lowest BCUT2D eigenvalue weighted by atomic mass is 10.2. The number of pyridine rings is 1. The van der Waals surface area contributed by atoms with Gasteiger partial charge in [0.25, 0.3) is 0 Å². The predicted octanol–water partition coefficient (Wildman–Crippen LogP) is 2.52. The molecule has 2 aromatic heterocycles. The summed E-state index contributed by atoms with van der Waals surface area (Å²) in [4.78, 5) is 24.1. The zero-order chi connectivity index (χ0) is 16.1. The molecular formula is C15H16ClNO5. The van der Waals surface area contributed by atoms with Gasteiger partial charge < -0.3 is 18.6 Å². The van der Waals surface area contributed by atoms with Crippen LogP contribution in [0, 0.1) is 0 Å². The number of aromatic nitrogens is 1. The molecule has 0 N–H and O–H groups in total. The number of hydrogen-bond donors (Lipinski definition) is 0. The Balaban J connectivity index is 2.53. The van der Waals surface area contributed by atoms with Crippen LogP contribution in [-0.4, -0.2) is 42.5 Å². The van der Waals surface area contributed by atoms with Gasteiger partial charge in [-0.25, -0.2) is 9.59 Å². The van der Waals surface area contributed by atoms with E-state index in [0.717, 1.165) is 0 Å². The monoisotopic (exact) mass is 325 g/mol. The fourth-order valence-corrected chi connectivity index (χ4v) is 2.12. The van der Waals surface area contributed by atoms with Gasteiger partial charge in [0.2, 0.25) is 0 Å². The average molecular weight is 326 g/mol. The lowest BCUT2D eigenvalue weighted by Crippen LogP contribution is -2.07. The van der Waals surface area contributed by atoms with E-state index in [-0.39, 0.29) is 30.4 Å². The number of methoxy groups -OCH3 is 1. The number of hydrogen-bond acceptors (Lipinski definition) is 5. The number of fused-ring (bicyclic) bond motifs is 1. The second kappa shape index (κ2) is 7.17. The van der Waals surface area contributed by atoms with Gasteiger partial charge in [-0.2, -0.15) is 0 Å². The Labute approximate surface area is 132 Å². The van der Waals surface area contributed by atoms with E-state index >= 15 is 0 Å². The Bertz CT molecular complexity index is 695. The third-order valence-corrected chi connectivity index (χ3v) is 3.15. The van der Waals surface area contributed by atoms with Gasteiger partial charge in [-0.05, 0) is 19.1 Å². The molecule has 0 bridgehead atoms. The highest BCUT2D eigenvalue weighted by atomic mass is 35.5. The van der Waals surface area contributed by atoms with Gasteiger partial charge in [0.1, 0.15) is 18.1 Å². The van der Waals surface area contributed by atoms with Crippen LogP contribution >= 0.6 is 11.6 Å². The summed E-state index contributed by atoms with van der Waals surface area (Å²) in [6.07, 6.45) is 1.64. The minimum absolute atomic E-state index is 0.0937. The Morgan fingerprint density at radius 3 is 2.64 bits per heavy atom. The number of rotatable bonds is 6. The number of carbonyl (C=O) groups is 2. The molecule has 0 fully saturated rings. The molecule has 7 heteroatoms. The van der Waals surface area contributed by atoms with Gasteiger partial charge >= 0.3 is 11.9 Å². The third-order valence-electron chi connectivity index (χ3n) is 2.99. The van der Waals surface area contributed by atoms with Crippen molar-refractivity contribution >= 4 is 29.1 Å². The number of carbonyl (C=O) groups excluding carboxylic acids is 2. The smallest absolute Gasteiger partial charge is 0.355 e. The van der Waals surface area contributed by atoms with E-state index in [2.05, 4.69) is 0 Å². The summed E-state index contributed by atoms with van der Waals surface area (Å²) in [6, 6.07) is 4.78. The van der Waals surface area contributed by atoms with Gasteiger partial charge in [0.15, 0.2) is 0 Å². The molecular weight excluding hydrogens is 310 g/mol. The topological polar surface area (TPSA) is 66.2 Å². The minimum Gasteiger partial charge on any atom is -0.497 e. The molecule has 0 saturated carbocycles. The Hall–Kier alpha value is -2.21. The lowest BCUT2D eigenvalue weighted by Gasteiger charge is -2.05. The zero-order valence-electron chi connectivity index (χ0n) is 12.3. The summed E-state index contributed by atoms with van der Waals surface area (Å²) < 4.78 is 16.8. The molecule has 118 valence electrons. The Morgan fingerprint density at radius 2 is 2.00 bits per heavy atom. The van der Waals surface area contributed by atoms with Crippen LogP contribution in [0.4, 0.5) is 0 Å². The van der Waals surface area contributed by atoms with Crippen molar-refractivity contribution in [3.63, 3.8) is 0 Å². The fourth-order valence-electron chi connectivity index (χ4n) is 2.04. The van der Waals surface area contributed by atoms with Gasteiger partial charge in [-0.15, -0.1) is 11.6 Å². The standard InChI is InChI=1S/C15H16ClNO5/c1-3-21-15(19)13-9-11(14(18)22-7-5-16)12-8-10(20-2)4-6-17(12)13/h4,6,8-9H,3,5,7H2,1-2H3. The van der Waals surface area contributed by atoms with E-state index in [1.165, 1.54) is 13.2 Å². The molecule has 2 rings (SSSR count). The Kier molecular flexibility index (Phi) is 5.27. The van der Waals surface area contributed by atoms with Crippen molar-refractivity contribution in [2.75, 3.05) is 26.2 Å². The van der Waals surface area contributed by atoms with Crippen LogP contribution in [0.15, 0.2) is 24.4 Å². The summed E-state index contributed by atoms with van der Waals surface area (Å²) in [5.74, 6) is -0.306.